The van der Waals surface area contributed by atoms with Gasteiger partial charge < -0.3 is 0 Å². The van der Waals surface area contributed by atoms with Crippen LogP contribution in [0.3, 0.4) is 0 Å². The van der Waals surface area contributed by atoms with Crippen molar-refractivity contribution in [3.63, 3.8) is 0 Å². The fourth-order valence-corrected chi connectivity index (χ4v) is 8.55. The van der Waals surface area contributed by atoms with Crippen LogP contribution in [0.2, 0.25) is 0 Å². The van der Waals surface area contributed by atoms with Crippen LogP contribution in [0, 0.1) is 0 Å². The van der Waals surface area contributed by atoms with Gasteiger partial charge in [0.25, 0.3) is 0 Å². The SMILES string of the molecule is c1ccc(-c2cc(-c3ccc(-c4c5ccccc5c5c6c(cccc46)-c4ccccc4-c4ccccc4-5)cc3)nc(-c3ccc4ccccc4c3)n2)cc1. The van der Waals surface area contributed by atoms with Crippen LogP contribution >= 0.6 is 0 Å². The molecule has 0 aliphatic heterocycles. The van der Waals surface area contributed by atoms with E-state index in [0.717, 1.165) is 28.1 Å². The Labute approximate surface area is 313 Å². The van der Waals surface area contributed by atoms with Crippen molar-refractivity contribution in [2.24, 2.45) is 0 Å². The largest absolute Gasteiger partial charge is 0.228 e. The fraction of sp³-hybridized carbons (Fsp3) is 0. The lowest BCUT2D eigenvalue weighted by Crippen LogP contribution is -1.96. The number of fused-ring (bicyclic) bond motifs is 8. The minimum Gasteiger partial charge on any atom is -0.228 e. The Kier molecular flexibility index (Phi) is 6.90. The number of hydrogen-bond acceptors (Lipinski definition) is 2. The van der Waals surface area contributed by atoms with E-state index in [2.05, 4.69) is 188 Å². The lowest BCUT2D eigenvalue weighted by molar-refractivity contribution is 1.18. The molecule has 54 heavy (non-hydrogen) atoms. The van der Waals surface area contributed by atoms with Crippen molar-refractivity contribution in [2.75, 3.05) is 0 Å². The molecule has 1 aliphatic rings. The predicted molar refractivity (Wildman–Crippen MR) is 226 cm³/mol. The first kappa shape index (κ1) is 30.5. The maximum absolute atomic E-state index is 5.19. The highest BCUT2D eigenvalue weighted by atomic mass is 14.9. The number of hydrogen-bond donors (Lipinski definition) is 0. The molecule has 0 atom stereocenters. The van der Waals surface area contributed by atoms with Crippen LogP contribution in [0.4, 0.5) is 0 Å². The first-order valence-corrected chi connectivity index (χ1v) is 18.5. The van der Waals surface area contributed by atoms with E-state index in [1.54, 1.807) is 0 Å². The molecule has 1 aliphatic carbocycles. The van der Waals surface area contributed by atoms with Crippen molar-refractivity contribution in [1.82, 2.24) is 9.97 Å². The summed E-state index contributed by atoms with van der Waals surface area (Å²) in [6.07, 6.45) is 0. The zero-order chi connectivity index (χ0) is 35.6. The average molecular weight is 685 g/mol. The first-order valence-electron chi connectivity index (χ1n) is 18.5. The van der Waals surface area contributed by atoms with Gasteiger partial charge in [-0.05, 0) is 89.0 Å². The first-order chi connectivity index (χ1) is 26.8. The van der Waals surface area contributed by atoms with Crippen molar-refractivity contribution in [2.45, 2.75) is 0 Å². The summed E-state index contributed by atoms with van der Waals surface area (Å²) in [6, 6.07) is 69.9. The molecule has 2 heteroatoms. The van der Waals surface area contributed by atoms with E-state index in [1.165, 1.54) is 76.8 Å². The second kappa shape index (κ2) is 12.2. The molecule has 0 bridgehead atoms. The van der Waals surface area contributed by atoms with Crippen LogP contribution in [0.15, 0.2) is 194 Å². The molecule has 0 radical (unpaired) electrons. The summed E-state index contributed by atoms with van der Waals surface area (Å²) in [5.41, 5.74) is 15.0. The Morgan fingerprint density at radius 3 is 1.52 bits per heavy atom. The molecule has 11 rings (SSSR count). The third-order valence-corrected chi connectivity index (χ3v) is 11.0. The van der Waals surface area contributed by atoms with Crippen LogP contribution in [0.25, 0.3) is 111 Å². The van der Waals surface area contributed by atoms with Gasteiger partial charge in [0, 0.05) is 16.7 Å². The summed E-state index contributed by atoms with van der Waals surface area (Å²) >= 11 is 0. The van der Waals surface area contributed by atoms with Crippen molar-refractivity contribution in [1.29, 1.82) is 0 Å². The molecule has 250 valence electrons. The second-order valence-corrected chi connectivity index (χ2v) is 14.1. The van der Waals surface area contributed by atoms with Crippen molar-refractivity contribution in [3.8, 4) is 78.4 Å². The fourth-order valence-electron chi connectivity index (χ4n) is 8.55. The number of nitrogens with zero attached hydrogens (tertiary/aromatic N) is 2. The molecule has 0 amide bonds. The number of benzene rings is 9. The Morgan fingerprint density at radius 2 is 0.778 bits per heavy atom. The smallest absolute Gasteiger partial charge is 0.160 e. The molecule has 1 aromatic heterocycles. The van der Waals surface area contributed by atoms with E-state index in [0.29, 0.717) is 5.82 Å². The lowest BCUT2D eigenvalue weighted by atomic mass is 9.84. The van der Waals surface area contributed by atoms with Crippen LogP contribution in [0.1, 0.15) is 0 Å². The van der Waals surface area contributed by atoms with Gasteiger partial charge in [-0.25, -0.2) is 9.97 Å². The van der Waals surface area contributed by atoms with Gasteiger partial charge in [0.05, 0.1) is 11.4 Å². The Morgan fingerprint density at radius 1 is 0.278 bits per heavy atom. The van der Waals surface area contributed by atoms with Crippen LogP contribution < -0.4 is 0 Å². The van der Waals surface area contributed by atoms with E-state index in [1.807, 2.05) is 6.07 Å². The molecule has 1 heterocycles. The van der Waals surface area contributed by atoms with E-state index in [4.69, 9.17) is 9.97 Å². The van der Waals surface area contributed by atoms with E-state index >= 15 is 0 Å². The Bertz CT molecular complexity index is 3090. The standard InChI is InChI=1S/C52H32N2/c1-2-14-34(15-3-1)47-32-48(54-52(53-47)38-30-25-33-13-4-5-16-37(33)31-38)35-26-28-36(29-27-35)49-44-21-10-11-22-45(44)50-42-20-9-8-19-40(42)39-17-6-7-18-41(39)43-23-12-24-46(49)51(43)50/h1-32H. The van der Waals surface area contributed by atoms with Crippen LogP contribution in [-0.2, 0) is 0 Å². The Balaban J connectivity index is 1.11. The molecular weight excluding hydrogens is 653 g/mol. The zero-order valence-corrected chi connectivity index (χ0v) is 29.4. The zero-order valence-electron chi connectivity index (χ0n) is 29.4. The van der Waals surface area contributed by atoms with Gasteiger partial charge in [0.1, 0.15) is 0 Å². The van der Waals surface area contributed by atoms with Crippen LogP contribution in [-0.4, -0.2) is 9.97 Å². The Hall–Kier alpha value is -7.16. The highest BCUT2D eigenvalue weighted by molar-refractivity contribution is 6.27. The number of rotatable bonds is 4. The topological polar surface area (TPSA) is 25.8 Å². The maximum atomic E-state index is 5.19. The summed E-state index contributed by atoms with van der Waals surface area (Å²) in [7, 11) is 0. The van der Waals surface area contributed by atoms with Crippen molar-refractivity contribution < 1.29 is 0 Å². The summed E-state index contributed by atoms with van der Waals surface area (Å²) in [4.78, 5) is 10.3. The van der Waals surface area contributed by atoms with Crippen molar-refractivity contribution >= 4 is 32.3 Å². The molecule has 0 saturated carbocycles. The minimum atomic E-state index is 0.715. The van der Waals surface area contributed by atoms with E-state index in [9.17, 15) is 0 Å². The van der Waals surface area contributed by atoms with Gasteiger partial charge >= 0.3 is 0 Å². The van der Waals surface area contributed by atoms with E-state index in [-0.39, 0.29) is 0 Å². The molecule has 9 aromatic carbocycles. The molecule has 2 nitrogen and oxygen atoms in total. The van der Waals surface area contributed by atoms with Gasteiger partial charge in [-0.1, -0.05) is 182 Å². The van der Waals surface area contributed by atoms with Gasteiger partial charge in [0.2, 0.25) is 0 Å². The molecule has 10 aromatic rings. The maximum Gasteiger partial charge on any atom is 0.160 e. The highest BCUT2D eigenvalue weighted by Gasteiger charge is 2.25. The summed E-state index contributed by atoms with van der Waals surface area (Å²) in [5, 5.41) is 7.44. The van der Waals surface area contributed by atoms with E-state index < -0.39 is 0 Å². The van der Waals surface area contributed by atoms with Gasteiger partial charge in [0.15, 0.2) is 5.82 Å². The predicted octanol–water partition coefficient (Wildman–Crippen LogP) is 13.9. The normalized spacial score (nSPS) is 11.7. The highest BCUT2D eigenvalue weighted by Crippen LogP contribution is 2.52. The summed E-state index contributed by atoms with van der Waals surface area (Å²) < 4.78 is 0. The quantitative estimate of drug-likeness (QED) is 0.172. The van der Waals surface area contributed by atoms with Gasteiger partial charge in [-0.2, -0.15) is 0 Å². The van der Waals surface area contributed by atoms with Gasteiger partial charge in [-0.15, -0.1) is 0 Å². The van der Waals surface area contributed by atoms with Gasteiger partial charge in [-0.3, -0.25) is 0 Å². The second-order valence-electron chi connectivity index (χ2n) is 14.1. The lowest BCUT2D eigenvalue weighted by Gasteiger charge is -2.19. The molecular formula is C52H32N2. The molecule has 0 N–H and O–H groups in total. The molecule has 0 fully saturated rings. The molecule has 0 saturated heterocycles. The number of aromatic nitrogens is 2. The molecule has 0 spiro atoms. The third-order valence-electron chi connectivity index (χ3n) is 11.0. The summed E-state index contributed by atoms with van der Waals surface area (Å²) in [5.74, 6) is 0.715. The third kappa shape index (κ3) is 4.81. The summed E-state index contributed by atoms with van der Waals surface area (Å²) in [6.45, 7) is 0. The van der Waals surface area contributed by atoms with Crippen LogP contribution in [0.5, 0.6) is 0 Å². The van der Waals surface area contributed by atoms with Crippen molar-refractivity contribution in [3.05, 3.63) is 194 Å². The average Bonchev–Trinajstić information content (AvgIpc) is 3.38. The minimum absolute atomic E-state index is 0.715. The molecule has 0 unspecified atom stereocenters. The monoisotopic (exact) mass is 684 g/mol.